The number of hydrogen-bond donors (Lipinski definition) is 1. The van der Waals surface area contributed by atoms with Gasteiger partial charge < -0.3 is 5.32 Å². The Hall–Kier alpha value is -1.81. The van der Waals surface area contributed by atoms with Crippen molar-refractivity contribution < 1.29 is 4.79 Å². The Morgan fingerprint density at radius 3 is 2.50 bits per heavy atom. The molecule has 110 valence electrons. The number of anilines is 1. The van der Waals surface area contributed by atoms with Crippen molar-refractivity contribution >= 4 is 46.1 Å². The fourth-order valence-corrected chi connectivity index (χ4v) is 3.13. The van der Waals surface area contributed by atoms with Gasteiger partial charge in [0.2, 0.25) is 0 Å². The summed E-state index contributed by atoms with van der Waals surface area (Å²) in [4.78, 5) is 13.5. The molecule has 22 heavy (non-hydrogen) atoms. The third kappa shape index (κ3) is 3.17. The van der Waals surface area contributed by atoms with Crippen LogP contribution in [0, 0.1) is 0 Å². The van der Waals surface area contributed by atoms with E-state index in [1.54, 1.807) is 29.5 Å². The Labute approximate surface area is 142 Å². The molecule has 0 aliphatic carbocycles. The minimum Gasteiger partial charge on any atom is -0.321 e. The van der Waals surface area contributed by atoms with E-state index in [1.807, 2.05) is 41.8 Å². The Morgan fingerprint density at radius 2 is 1.77 bits per heavy atom. The number of nitrogens with one attached hydrogen (secondary N) is 1. The number of para-hydroxylation sites is 1. The first-order chi connectivity index (χ1) is 10.6. The first-order valence-electron chi connectivity index (χ1n) is 6.54. The quantitative estimate of drug-likeness (QED) is 0.620. The Morgan fingerprint density at radius 1 is 0.955 bits per heavy atom. The number of amides is 1. The average Bonchev–Trinajstić information content (AvgIpc) is 3.04. The van der Waals surface area contributed by atoms with E-state index in [0.29, 0.717) is 15.6 Å². The summed E-state index contributed by atoms with van der Waals surface area (Å²) in [6, 6.07) is 16.5. The third-order valence-corrected chi connectivity index (χ3v) is 4.79. The summed E-state index contributed by atoms with van der Waals surface area (Å²) in [6.45, 7) is 0. The second-order valence-electron chi connectivity index (χ2n) is 4.61. The van der Waals surface area contributed by atoms with E-state index < -0.39 is 0 Å². The van der Waals surface area contributed by atoms with Crippen LogP contribution >= 0.6 is 34.5 Å². The molecule has 0 aliphatic rings. The normalized spacial score (nSPS) is 10.5. The van der Waals surface area contributed by atoms with Crippen LogP contribution in [0.5, 0.6) is 0 Å². The summed E-state index contributed by atoms with van der Waals surface area (Å²) in [5.74, 6) is -0.220. The molecule has 2 aromatic carbocycles. The number of carbonyl (C=O) groups is 1. The molecule has 0 aliphatic heterocycles. The highest BCUT2D eigenvalue weighted by Gasteiger charge is 2.12. The number of rotatable bonds is 3. The minimum absolute atomic E-state index is 0.220. The van der Waals surface area contributed by atoms with Crippen molar-refractivity contribution in [2.45, 2.75) is 0 Å². The molecule has 0 radical (unpaired) electrons. The van der Waals surface area contributed by atoms with Crippen LogP contribution in [0.15, 0.2) is 60.0 Å². The molecule has 3 rings (SSSR count). The van der Waals surface area contributed by atoms with E-state index in [2.05, 4.69) is 5.32 Å². The second kappa shape index (κ2) is 6.53. The maximum Gasteiger partial charge on any atom is 0.255 e. The molecule has 1 aromatic heterocycles. The van der Waals surface area contributed by atoms with Crippen molar-refractivity contribution in [1.29, 1.82) is 0 Å². The molecular weight excluding hydrogens is 337 g/mol. The van der Waals surface area contributed by atoms with Crippen molar-refractivity contribution in [1.82, 2.24) is 0 Å². The maximum absolute atomic E-state index is 12.4. The largest absolute Gasteiger partial charge is 0.321 e. The molecule has 1 heterocycles. The van der Waals surface area contributed by atoms with E-state index in [1.165, 1.54) is 0 Å². The second-order valence-corrected chi connectivity index (χ2v) is 6.37. The predicted octanol–water partition coefficient (Wildman–Crippen LogP) is 5.97. The van der Waals surface area contributed by atoms with Crippen molar-refractivity contribution in [2.24, 2.45) is 0 Å². The molecular formula is C17H11Cl2NOS. The van der Waals surface area contributed by atoms with Gasteiger partial charge in [-0.1, -0.05) is 47.5 Å². The van der Waals surface area contributed by atoms with Crippen LogP contribution in [-0.4, -0.2) is 5.91 Å². The Balaban J connectivity index is 1.90. The number of thiophene rings is 1. The summed E-state index contributed by atoms with van der Waals surface area (Å²) < 4.78 is 0. The van der Waals surface area contributed by atoms with Gasteiger partial charge in [-0.3, -0.25) is 4.79 Å². The monoisotopic (exact) mass is 347 g/mol. The zero-order valence-corrected chi connectivity index (χ0v) is 13.7. The summed E-state index contributed by atoms with van der Waals surface area (Å²) in [6.07, 6.45) is 0. The maximum atomic E-state index is 12.4. The minimum atomic E-state index is -0.220. The standard InChI is InChI=1S/C17H11Cl2NOS/c18-13-8-7-11(10-14(13)19)17(21)20-15-5-2-1-4-12(15)16-6-3-9-22-16/h1-10H,(H,20,21). The summed E-state index contributed by atoms with van der Waals surface area (Å²) in [5, 5.41) is 5.72. The van der Waals surface area contributed by atoms with Crippen LogP contribution < -0.4 is 5.32 Å². The highest BCUT2D eigenvalue weighted by atomic mass is 35.5. The van der Waals surface area contributed by atoms with Crippen molar-refractivity contribution in [3.05, 3.63) is 75.6 Å². The molecule has 0 spiro atoms. The first-order valence-corrected chi connectivity index (χ1v) is 8.18. The lowest BCUT2D eigenvalue weighted by molar-refractivity contribution is 0.102. The van der Waals surface area contributed by atoms with E-state index in [0.717, 1.165) is 16.1 Å². The lowest BCUT2D eigenvalue weighted by Crippen LogP contribution is -2.12. The summed E-state index contributed by atoms with van der Waals surface area (Å²) in [5.41, 5.74) is 2.22. The van der Waals surface area contributed by atoms with E-state index >= 15 is 0 Å². The van der Waals surface area contributed by atoms with E-state index in [-0.39, 0.29) is 5.91 Å². The highest BCUT2D eigenvalue weighted by molar-refractivity contribution is 7.13. The van der Waals surface area contributed by atoms with Crippen LogP contribution in [0.25, 0.3) is 10.4 Å². The number of halogens is 2. The van der Waals surface area contributed by atoms with Gasteiger partial charge in [0.1, 0.15) is 0 Å². The van der Waals surface area contributed by atoms with Gasteiger partial charge in [0.25, 0.3) is 5.91 Å². The zero-order chi connectivity index (χ0) is 15.5. The summed E-state index contributed by atoms with van der Waals surface area (Å²) in [7, 11) is 0. The first kappa shape index (κ1) is 15.1. The highest BCUT2D eigenvalue weighted by Crippen LogP contribution is 2.32. The van der Waals surface area contributed by atoms with Crippen molar-refractivity contribution in [2.75, 3.05) is 5.32 Å². The lowest BCUT2D eigenvalue weighted by Gasteiger charge is -2.10. The lowest BCUT2D eigenvalue weighted by atomic mass is 10.1. The smallest absolute Gasteiger partial charge is 0.255 e. The predicted molar refractivity (Wildman–Crippen MR) is 94.2 cm³/mol. The Kier molecular flexibility index (Phi) is 4.48. The molecule has 5 heteroatoms. The molecule has 3 aromatic rings. The van der Waals surface area contributed by atoms with Gasteiger partial charge in [-0.2, -0.15) is 0 Å². The Bertz CT molecular complexity index is 815. The number of carbonyl (C=O) groups excluding carboxylic acids is 1. The fraction of sp³-hybridized carbons (Fsp3) is 0. The van der Waals surface area contributed by atoms with Crippen LogP contribution in [0.1, 0.15) is 10.4 Å². The molecule has 0 saturated carbocycles. The van der Waals surface area contributed by atoms with Gasteiger partial charge in [0.15, 0.2) is 0 Å². The molecule has 0 fully saturated rings. The van der Waals surface area contributed by atoms with Gasteiger partial charge in [-0.15, -0.1) is 11.3 Å². The average molecular weight is 348 g/mol. The van der Waals surface area contributed by atoms with Gasteiger partial charge in [0.05, 0.1) is 10.0 Å². The molecule has 1 N–H and O–H groups in total. The fourth-order valence-electron chi connectivity index (χ4n) is 2.07. The van der Waals surface area contributed by atoms with Crippen LogP contribution in [0.2, 0.25) is 10.0 Å². The molecule has 0 saturated heterocycles. The van der Waals surface area contributed by atoms with Gasteiger partial charge in [-0.25, -0.2) is 0 Å². The van der Waals surface area contributed by atoms with Crippen molar-refractivity contribution in [3.63, 3.8) is 0 Å². The molecule has 0 atom stereocenters. The van der Waals surface area contributed by atoms with Gasteiger partial charge >= 0.3 is 0 Å². The van der Waals surface area contributed by atoms with Gasteiger partial charge in [0, 0.05) is 21.7 Å². The van der Waals surface area contributed by atoms with Gasteiger partial charge in [-0.05, 0) is 35.7 Å². The van der Waals surface area contributed by atoms with Crippen LogP contribution in [0.4, 0.5) is 5.69 Å². The molecule has 0 unspecified atom stereocenters. The van der Waals surface area contributed by atoms with E-state index in [9.17, 15) is 4.79 Å². The van der Waals surface area contributed by atoms with E-state index in [4.69, 9.17) is 23.2 Å². The van der Waals surface area contributed by atoms with Crippen LogP contribution in [0.3, 0.4) is 0 Å². The topological polar surface area (TPSA) is 29.1 Å². The zero-order valence-electron chi connectivity index (χ0n) is 11.3. The number of benzene rings is 2. The molecule has 1 amide bonds. The number of hydrogen-bond acceptors (Lipinski definition) is 2. The molecule has 0 bridgehead atoms. The molecule has 2 nitrogen and oxygen atoms in total. The van der Waals surface area contributed by atoms with Crippen LogP contribution in [-0.2, 0) is 0 Å². The third-order valence-electron chi connectivity index (χ3n) is 3.14. The van der Waals surface area contributed by atoms with Crippen molar-refractivity contribution in [3.8, 4) is 10.4 Å². The SMILES string of the molecule is O=C(Nc1ccccc1-c1cccs1)c1ccc(Cl)c(Cl)c1. The summed E-state index contributed by atoms with van der Waals surface area (Å²) >= 11 is 13.5.